The number of rotatable bonds is 6. The van der Waals surface area contributed by atoms with Gasteiger partial charge in [-0.2, -0.15) is 0 Å². The molecule has 3 heterocycles. The topological polar surface area (TPSA) is 60.0 Å². The highest BCUT2D eigenvalue weighted by Crippen LogP contribution is 2.28. The third-order valence-electron chi connectivity index (χ3n) is 6.49. The van der Waals surface area contributed by atoms with Crippen molar-refractivity contribution in [3.05, 3.63) is 88.6 Å². The molecule has 1 aromatic heterocycles. The summed E-state index contributed by atoms with van der Waals surface area (Å²) in [5, 5.41) is 6.11. The first-order valence-corrected chi connectivity index (χ1v) is 12.2. The SMILES string of the molecule is C=CCN1CC(=O)N2CC(=O)N(Cc3cccc4cccnc34)CC2N1Cc1ccc(Cl)c(Cl)c1. The van der Waals surface area contributed by atoms with Gasteiger partial charge in [-0.1, -0.05) is 59.6 Å². The largest absolute Gasteiger partial charge is 0.333 e. The number of benzene rings is 2. The third-order valence-corrected chi connectivity index (χ3v) is 7.23. The molecule has 2 aromatic carbocycles. The summed E-state index contributed by atoms with van der Waals surface area (Å²) in [6.45, 7) is 5.91. The maximum absolute atomic E-state index is 13.1. The standard InChI is InChI=1S/C26H25Cl2N5O2/c1-2-11-31-16-25(35)32-17-24(34)30(14-20-6-3-5-19-7-4-10-29-26(19)20)15-23(32)33(31)13-18-8-9-21(27)22(28)12-18/h2-10,12,23H,1,11,13-17H2. The van der Waals surface area contributed by atoms with Crippen molar-refractivity contribution in [3.8, 4) is 0 Å². The molecule has 35 heavy (non-hydrogen) atoms. The van der Waals surface area contributed by atoms with Crippen LogP contribution in [0, 0.1) is 0 Å². The molecule has 2 aliphatic rings. The molecule has 1 atom stereocenters. The van der Waals surface area contributed by atoms with Gasteiger partial charge in [0.2, 0.25) is 11.8 Å². The number of hydrazine groups is 1. The zero-order valence-corrected chi connectivity index (χ0v) is 20.6. The number of nitrogens with zero attached hydrogens (tertiary/aromatic N) is 5. The molecule has 2 aliphatic heterocycles. The van der Waals surface area contributed by atoms with Gasteiger partial charge >= 0.3 is 0 Å². The second kappa shape index (κ2) is 9.95. The number of hydrogen-bond donors (Lipinski definition) is 0. The average Bonchev–Trinajstić information content (AvgIpc) is 2.85. The van der Waals surface area contributed by atoms with E-state index in [-0.39, 0.29) is 31.1 Å². The molecule has 3 aromatic rings. The third kappa shape index (κ3) is 4.77. The zero-order chi connectivity index (χ0) is 24.5. The van der Waals surface area contributed by atoms with Crippen molar-refractivity contribution in [2.75, 3.05) is 26.2 Å². The van der Waals surface area contributed by atoms with Gasteiger partial charge in [0.25, 0.3) is 0 Å². The molecule has 0 bridgehead atoms. The first-order chi connectivity index (χ1) is 16.9. The number of aromatic nitrogens is 1. The van der Waals surface area contributed by atoms with Gasteiger partial charge in [0.1, 0.15) is 12.7 Å². The minimum atomic E-state index is -0.314. The summed E-state index contributed by atoms with van der Waals surface area (Å²) in [6.07, 6.45) is 3.22. The first kappa shape index (κ1) is 23.8. The molecular weight excluding hydrogens is 485 g/mol. The predicted molar refractivity (Wildman–Crippen MR) is 136 cm³/mol. The van der Waals surface area contributed by atoms with Crippen LogP contribution in [0.3, 0.4) is 0 Å². The molecule has 180 valence electrons. The Kier molecular flexibility index (Phi) is 6.75. The molecule has 0 saturated carbocycles. The molecule has 2 fully saturated rings. The highest BCUT2D eigenvalue weighted by Gasteiger charge is 2.44. The highest BCUT2D eigenvalue weighted by molar-refractivity contribution is 6.42. The van der Waals surface area contributed by atoms with Crippen molar-refractivity contribution in [2.24, 2.45) is 0 Å². The summed E-state index contributed by atoms with van der Waals surface area (Å²) < 4.78 is 0. The van der Waals surface area contributed by atoms with Crippen LogP contribution in [-0.2, 0) is 22.7 Å². The Balaban J connectivity index is 1.45. The number of fused-ring (bicyclic) bond motifs is 2. The van der Waals surface area contributed by atoms with E-state index in [0.29, 0.717) is 36.2 Å². The average molecular weight is 510 g/mol. The maximum Gasteiger partial charge on any atom is 0.242 e. The van der Waals surface area contributed by atoms with Crippen molar-refractivity contribution in [1.29, 1.82) is 0 Å². The van der Waals surface area contributed by atoms with E-state index in [4.69, 9.17) is 23.2 Å². The molecule has 1 unspecified atom stereocenters. The van der Waals surface area contributed by atoms with Crippen molar-refractivity contribution < 1.29 is 9.59 Å². The van der Waals surface area contributed by atoms with Crippen LogP contribution < -0.4 is 0 Å². The smallest absolute Gasteiger partial charge is 0.242 e. The van der Waals surface area contributed by atoms with Crippen LogP contribution in [0.4, 0.5) is 0 Å². The molecule has 9 heteroatoms. The molecule has 2 saturated heterocycles. The minimum Gasteiger partial charge on any atom is -0.333 e. The van der Waals surface area contributed by atoms with E-state index in [1.54, 1.807) is 23.2 Å². The lowest BCUT2D eigenvalue weighted by Crippen LogP contribution is -2.71. The lowest BCUT2D eigenvalue weighted by molar-refractivity contribution is -0.195. The fourth-order valence-corrected chi connectivity index (χ4v) is 5.11. The van der Waals surface area contributed by atoms with E-state index in [1.165, 1.54) is 0 Å². The molecule has 5 rings (SSSR count). The van der Waals surface area contributed by atoms with Gasteiger partial charge in [-0.25, -0.2) is 10.0 Å². The molecule has 0 spiro atoms. The van der Waals surface area contributed by atoms with Crippen LogP contribution in [0.2, 0.25) is 10.0 Å². The maximum atomic E-state index is 13.1. The van der Waals surface area contributed by atoms with E-state index in [2.05, 4.69) is 16.6 Å². The second-order valence-corrected chi connectivity index (χ2v) is 9.57. The van der Waals surface area contributed by atoms with Gasteiger partial charge in [0, 0.05) is 31.2 Å². The van der Waals surface area contributed by atoms with Gasteiger partial charge in [-0.05, 0) is 29.3 Å². The lowest BCUT2D eigenvalue weighted by atomic mass is 10.1. The van der Waals surface area contributed by atoms with E-state index in [0.717, 1.165) is 22.0 Å². The fraction of sp³-hybridized carbons (Fsp3) is 0.269. The van der Waals surface area contributed by atoms with Crippen LogP contribution in [0.1, 0.15) is 11.1 Å². The number of pyridine rings is 1. The van der Waals surface area contributed by atoms with Crippen LogP contribution in [0.25, 0.3) is 10.9 Å². The van der Waals surface area contributed by atoms with E-state index in [9.17, 15) is 9.59 Å². The minimum absolute atomic E-state index is 0.0432. The van der Waals surface area contributed by atoms with Gasteiger partial charge in [0.15, 0.2) is 0 Å². The number of para-hydroxylation sites is 1. The van der Waals surface area contributed by atoms with E-state index in [1.807, 2.05) is 52.4 Å². The molecular formula is C26H25Cl2N5O2. The number of carbonyl (C=O) groups is 2. The number of piperazine rings is 1. The van der Waals surface area contributed by atoms with Crippen molar-refractivity contribution in [3.63, 3.8) is 0 Å². The summed E-state index contributed by atoms with van der Waals surface area (Å²) in [5.41, 5.74) is 2.82. The Morgan fingerprint density at radius 2 is 1.83 bits per heavy atom. The summed E-state index contributed by atoms with van der Waals surface area (Å²) in [7, 11) is 0. The van der Waals surface area contributed by atoms with Crippen LogP contribution in [-0.4, -0.2) is 69.0 Å². The molecule has 0 radical (unpaired) electrons. The fourth-order valence-electron chi connectivity index (χ4n) is 4.79. The van der Waals surface area contributed by atoms with Gasteiger partial charge < -0.3 is 9.80 Å². The Morgan fingerprint density at radius 1 is 1.00 bits per heavy atom. The predicted octanol–water partition coefficient (Wildman–Crippen LogP) is 3.96. The van der Waals surface area contributed by atoms with Gasteiger partial charge in [-0.15, -0.1) is 6.58 Å². The van der Waals surface area contributed by atoms with Crippen molar-refractivity contribution in [1.82, 2.24) is 24.8 Å². The summed E-state index contributed by atoms with van der Waals surface area (Å²) >= 11 is 12.4. The normalized spacial score (nSPS) is 19.3. The summed E-state index contributed by atoms with van der Waals surface area (Å²) in [5.74, 6) is -0.142. The monoisotopic (exact) mass is 509 g/mol. The Bertz CT molecular complexity index is 1290. The lowest BCUT2D eigenvalue weighted by Gasteiger charge is -2.52. The summed E-state index contributed by atoms with van der Waals surface area (Å²) in [6, 6.07) is 15.4. The van der Waals surface area contributed by atoms with Gasteiger partial charge in [-0.3, -0.25) is 14.6 Å². The molecule has 2 amide bonds. The van der Waals surface area contributed by atoms with E-state index < -0.39 is 0 Å². The second-order valence-electron chi connectivity index (χ2n) is 8.75. The van der Waals surface area contributed by atoms with Crippen LogP contribution in [0.5, 0.6) is 0 Å². The number of hydrogen-bond acceptors (Lipinski definition) is 5. The first-order valence-electron chi connectivity index (χ1n) is 11.4. The number of amides is 2. The van der Waals surface area contributed by atoms with Crippen molar-refractivity contribution in [2.45, 2.75) is 19.3 Å². The van der Waals surface area contributed by atoms with Crippen LogP contribution in [0.15, 0.2) is 67.4 Å². The molecule has 7 nitrogen and oxygen atoms in total. The van der Waals surface area contributed by atoms with Crippen LogP contribution >= 0.6 is 23.2 Å². The zero-order valence-electron chi connectivity index (χ0n) is 19.1. The molecule has 0 N–H and O–H groups in total. The highest BCUT2D eigenvalue weighted by atomic mass is 35.5. The Labute approximate surface area is 214 Å². The Morgan fingerprint density at radius 3 is 2.63 bits per heavy atom. The molecule has 0 aliphatic carbocycles. The van der Waals surface area contributed by atoms with E-state index >= 15 is 0 Å². The quantitative estimate of drug-likeness (QED) is 0.470. The van der Waals surface area contributed by atoms with Gasteiger partial charge in [0.05, 0.1) is 28.7 Å². The number of carbonyl (C=O) groups excluding carboxylic acids is 2. The summed E-state index contributed by atoms with van der Waals surface area (Å²) in [4.78, 5) is 34.1. The van der Waals surface area contributed by atoms with Crippen molar-refractivity contribution >= 4 is 45.9 Å². The Hall–Kier alpha value is -2.97. The number of halogens is 2.